The Morgan fingerprint density at radius 1 is 1.33 bits per heavy atom. The van der Waals surface area contributed by atoms with Crippen LogP contribution in [-0.4, -0.2) is 33.4 Å². The zero-order valence-electron chi connectivity index (χ0n) is 15.3. The molecule has 0 fully saturated rings. The minimum Gasteiger partial charge on any atom is -0.383 e. The molecule has 0 bridgehead atoms. The van der Waals surface area contributed by atoms with E-state index in [2.05, 4.69) is 38.0 Å². The molecule has 3 aromatic rings. The van der Waals surface area contributed by atoms with Crippen LogP contribution in [0.25, 0.3) is 10.9 Å². The molecular weight excluding hydrogens is 432 g/mol. The summed E-state index contributed by atoms with van der Waals surface area (Å²) in [7, 11) is 1.61. The molecule has 0 atom stereocenters. The molecular formula is C18H21BrN4O3S. The van der Waals surface area contributed by atoms with Gasteiger partial charge in [-0.3, -0.25) is 9.36 Å². The summed E-state index contributed by atoms with van der Waals surface area (Å²) in [6, 6.07) is 5.50. The standard InChI is InChI=1S/C18H21BrN4O3S/c1-3-4-5-15-21-16(26-22-15)11-27-18-20-14-7-6-12(19)10-13(14)17(24)23(18)8-9-25-2/h6-7,10H,3-5,8-9,11H2,1-2H3. The lowest BCUT2D eigenvalue weighted by atomic mass is 10.2. The minimum absolute atomic E-state index is 0.0880. The number of aryl methyl sites for hydroxylation is 1. The summed E-state index contributed by atoms with van der Waals surface area (Å²) in [5, 5.41) is 5.19. The summed E-state index contributed by atoms with van der Waals surface area (Å²) in [6.07, 6.45) is 2.93. The van der Waals surface area contributed by atoms with Crippen LogP contribution in [0.1, 0.15) is 31.5 Å². The fourth-order valence-electron chi connectivity index (χ4n) is 2.57. The Kier molecular flexibility index (Phi) is 7.03. The van der Waals surface area contributed by atoms with E-state index < -0.39 is 0 Å². The number of hydrogen-bond acceptors (Lipinski definition) is 7. The summed E-state index contributed by atoms with van der Waals surface area (Å²) in [6.45, 7) is 2.98. The van der Waals surface area contributed by atoms with Gasteiger partial charge in [-0.05, 0) is 24.6 Å². The van der Waals surface area contributed by atoms with Gasteiger partial charge >= 0.3 is 0 Å². The molecule has 1 aromatic carbocycles. The van der Waals surface area contributed by atoms with Gasteiger partial charge in [0.2, 0.25) is 5.89 Å². The lowest BCUT2D eigenvalue weighted by Gasteiger charge is -2.12. The van der Waals surface area contributed by atoms with E-state index in [1.807, 2.05) is 12.1 Å². The molecule has 0 radical (unpaired) electrons. The Labute approximate surface area is 169 Å². The van der Waals surface area contributed by atoms with Gasteiger partial charge in [-0.1, -0.05) is 46.2 Å². The van der Waals surface area contributed by atoms with Crippen LogP contribution in [0, 0.1) is 0 Å². The molecule has 0 amide bonds. The third-order valence-corrected chi connectivity index (χ3v) is 5.44. The highest BCUT2D eigenvalue weighted by molar-refractivity contribution is 9.10. The van der Waals surface area contributed by atoms with Crippen molar-refractivity contribution in [2.24, 2.45) is 0 Å². The topological polar surface area (TPSA) is 83.0 Å². The Morgan fingerprint density at radius 2 is 2.19 bits per heavy atom. The van der Waals surface area contributed by atoms with Crippen molar-refractivity contribution in [3.8, 4) is 0 Å². The van der Waals surface area contributed by atoms with E-state index in [0.29, 0.717) is 40.9 Å². The summed E-state index contributed by atoms with van der Waals surface area (Å²) >= 11 is 4.82. The number of aromatic nitrogens is 4. The third kappa shape index (κ3) is 4.97. The number of thioether (sulfide) groups is 1. The average Bonchev–Trinajstić information content (AvgIpc) is 3.12. The van der Waals surface area contributed by atoms with Gasteiger partial charge in [0.05, 0.1) is 29.8 Å². The number of benzene rings is 1. The molecule has 0 unspecified atom stereocenters. The monoisotopic (exact) mass is 452 g/mol. The third-order valence-electron chi connectivity index (χ3n) is 3.99. The smallest absolute Gasteiger partial charge is 0.262 e. The van der Waals surface area contributed by atoms with E-state index in [0.717, 1.165) is 29.6 Å². The van der Waals surface area contributed by atoms with Crippen molar-refractivity contribution in [1.82, 2.24) is 19.7 Å². The summed E-state index contributed by atoms with van der Waals surface area (Å²) in [5.41, 5.74) is 0.573. The van der Waals surface area contributed by atoms with Crippen molar-refractivity contribution in [2.45, 2.75) is 43.6 Å². The van der Waals surface area contributed by atoms with Gasteiger partial charge < -0.3 is 9.26 Å². The Morgan fingerprint density at radius 3 is 2.96 bits per heavy atom. The lowest BCUT2D eigenvalue weighted by molar-refractivity contribution is 0.183. The first-order valence-electron chi connectivity index (χ1n) is 8.75. The van der Waals surface area contributed by atoms with E-state index in [1.165, 1.54) is 11.8 Å². The van der Waals surface area contributed by atoms with Gasteiger partial charge in [-0.25, -0.2) is 4.98 Å². The number of ether oxygens (including phenoxy) is 1. The molecule has 2 heterocycles. The van der Waals surface area contributed by atoms with Crippen LogP contribution in [0.15, 0.2) is 37.1 Å². The molecule has 0 aliphatic carbocycles. The van der Waals surface area contributed by atoms with Crippen LogP contribution >= 0.6 is 27.7 Å². The molecule has 0 aliphatic heterocycles. The Hall–Kier alpha value is -1.71. The van der Waals surface area contributed by atoms with Crippen LogP contribution in [0.2, 0.25) is 0 Å². The number of halogens is 1. The first kappa shape index (κ1) is 20.0. The van der Waals surface area contributed by atoms with Gasteiger partial charge in [0.1, 0.15) is 0 Å². The van der Waals surface area contributed by atoms with Gasteiger partial charge in [0, 0.05) is 18.0 Å². The van der Waals surface area contributed by atoms with Crippen molar-refractivity contribution < 1.29 is 9.26 Å². The summed E-state index contributed by atoms with van der Waals surface area (Å²) < 4.78 is 12.9. The molecule has 0 aliphatic rings. The maximum absolute atomic E-state index is 12.9. The molecule has 0 spiro atoms. The van der Waals surface area contributed by atoms with Crippen molar-refractivity contribution >= 4 is 38.6 Å². The molecule has 0 N–H and O–H groups in total. The maximum atomic E-state index is 12.9. The molecule has 9 heteroatoms. The number of methoxy groups -OCH3 is 1. The fourth-order valence-corrected chi connectivity index (χ4v) is 3.80. The van der Waals surface area contributed by atoms with E-state index in [9.17, 15) is 4.79 Å². The van der Waals surface area contributed by atoms with E-state index in [1.54, 1.807) is 17.7 Å². The quantitative estimate of drug-likeness (QED) is 0.360. The van der Waals surface area contributed by atoms with E-state index >= 15 is 0 Å². The summed E-state index contributed by atoms with van der Waals surface area (Å²) in [5.74, 6) is 1.72. The summed E-state index contributed by atoms with van der Waals surface area (Å²) in [4.78, 5) is 22.0. The molecule has 27 heavy (non-hydrogen) atoms. The van der Waals surface area contributed by atoms with E-state index in [-0.39, 0.29) is 5.56 Å². The normalized spacial score (nSPS) is 11.4. The Balaban J connectivity index is 1.86. The van der Waals surface area contributed by atoms with Gasteiger partial charge in [0.15, 0.2) is 11.0 Å². The highest BCUT2D eigenvalue weighted by Gasteiger charge is 2.14. The van der Waals surface area contributed by atoms with Crippen LogP contribution in [-0.2, 0) is 23.5 Å². The van der Waals surface area contributed by atoms with Crippen molar-refractivity contribution in [3.63, 3.8) is 0 Å². The highest BCUT2D eigenvalue weighted by atomic mass is 79.9. The van der Waals surface area contributed by atoms with Gasteiger partial charge in [0.25, 0.3) is 5.56 Å². The maximum Gasteiger partial charge on any atom is 0.262 e. The number of nitrogens with zero attached hydrogens (tertiary/aromatic N) is 4. The molecule has 144 valence electrons. The molecule has 2 aromatic heterocycles. The minimum atomic E-state index is -0.0880. The van der Waals surface area contributed by atoms with Crippen molar-refractivity contribution in [3.05, 3.63) is 44.7 Å². The first-order valence-corrected chi connectivity index (χ1v) is 10.5. The zero-order chi connectivity index (χ0) is 19.2. The molecule has 0 saturated carbocycles. The second-order valence-electron chi connectivity index (χ2n) is 6.00. The van der Waals surface area contributed by atoms with Crippen LogP contribution in [0.3, 0.4) is 0 Å². The van der Waals surface area contributed by atoms with Gasteiger partial charge in [-0.15, -0.1) is 0 Å². The SMILES string of the molecule is CCCCc1noc(CSc2nc3ccc(Br)cc3c(=O)n2CCOC)n1. The number of rotatable bonds is 9. The predicted molar refractivity (Wildman–Crippen MR) is 108 cm³/mol. The van der Waals surface area contributed by atoms with Gasteiger partial charge in [-0.2, -0.15) is 4.98 Å². The average molecular weight is 453 g/mol. The van der Waals surface area contributed by atoms with Crippen molar-refractivity contribution in [1.29, 1.82) is 0 Å². The fraction of sp³-hybridized carbons (Fsp3) is 0.444. The number of hydrogen-bond donors (Lipinski definition) is 0. The molecule has 7 nitrogen and oxygen atoms in total. The second kappa shape index (κ2) is 9.48. The lowest BCUT2D eigenvalue weighted by Crippen LogP contribution is -2.25. The predicted octanol–water partition coefficient (Wildman–Crippen LogP) is 3.82. The number of fused-ring (bicyclic) bond motifs is 1. The highest BCUT2D eigenvalue weighted by Crippen LogP contribution is 2.23. The Bertz CT molecular complexity index is 973. The van der Waals surface area contributed by atoms with E-state index in [4.69, 9.17) is 9.26 Å². The first-order chi connectivity index (χ1) is 13.1. The second-order valence-corrected chi connectivity index (χ2v) is 7.86. The van der Waals surface area contributed by atoms with Crippen molar-refractivity contribution in [2.75, 3.05) is 13.7 Å². The molecule has 0 saturated heterocycles. The molecule has 3 rings (SSSR count). The zero-order valence-corrected chi connectivity index (χ0v) is 17.7. The van der Waals surface area contributed by atoms with Crippen LogP contribution < -0.4 is 5.56 Å². The van der Waals surface area contributed by atoms with Crippen LogP contribution in [0.4, 0.5) is 0 Å². The number of unbranched alkanes of at least 4 members (excludes halogenated alkanes) is 1. The van der Waals surface area contributed by atoms with Crippen LogP contribution in [0.5, 0.6) is 0 Å². The largest absolute Gasteiger partial charge is 0.383 e.